The molecular formula is C27H31N3O7S. The zero-order valence-electron chi connectivity index (χ0n) is 21.6. The van der Waals surface area contributed by atoms with Crippen molar-refractivity contribution in [1.82, 2.24) is 9.97 Å². The van der Waals surface area contributed by atoms with Gasteiger partial charge in [0.2, 0.25) is 5.89 Å². The lowest BCUT2D eigenvalue weighted by atomic mass is 10.2. The first kappa shape index (κ1) is 27.5. The number of fused-ring (bicyclic) bond motifs is 1. The smallest absolute Gasteiger partial charge is 0.297 e. The van der Waals surface area contributed by atoms with Crippen LogP contribution in [0.4, 0.5) is 5.82 Å². The SMILES string of the molecule is Cc1ccc(S(=O)(=O)OCCOCCOCCOc2ccc3oc(-c4ccc(N(C)C)nc4)nc3c2)cc1. The third kappa shape index (κ3) is 7.51. The summed E-state index contributed by atoms with van der Waals surface area (Å²) in [6.07, 6.45) is 1.73. The molecule has 38 heavy (non-hydrogen) atoms. The summed E-state index contributed by atoms with van der Waals surface area (Å²) in [5.74, 6) is 2.01. The molecule has 0 aliphatic heterocycles. The number of benzene rings is 2. The van der Waals surface area contributed by atoms with Gasteiger partial charge in [-0.15, -0.1) is 0 Å². The summed E-state index contributed by atoms with van der Waals surface area (Å²) in [5, 5.41) is 0. The lowest BCUT2D eigenvalue weighted by Crippen LogP contribution is -2.14. The van der Waals surface area contributed by atoms with Crippen LogP contribution in [-0.2, 0) is 23.8 Å². The van der Waals surface area contributed by atoms with Crippen LogP contribution in [0.2, 0.25) is 0 Å². The molecule has 0 saturated heterocycles. The summed E-state index contributed by atoms with van der Waals surface area (Å²) in [4.78, 5) is 11.0. The number of aryl methyl sites for hydroxylation is 1. The van der Waals surface area contributed by atoms with Crippen LogP contribution < -0.4 is 9.64 Å². The molecule has 10 nitrogen and oxygen atoms in total. The third-order valence-electron chi connectivity index (χ3n) is 5.46. The van der Waals surface area contributed by atoms with E-state index < -0.39 is 10.1 Å². The van der Waals surface area contributed by atoms with Crippen molar-refractivity contribution in [2.24, 2.45) is 0 Å². The van der Waals surface area contributed by atoms with Gasteiger partial charge in [-0.25, -0.2) is 9.97 Å². The van der Waals surface area contributed by atoms with Gasteiger partial charge in [-0.1, -0.05) is 17.7 Å². The lowest BCUT2D eigenvalue weighted by molar-refractivity contribution is 0.0279. The number of ether oxygens (including phenoxy) is 3. The van der Waals surface area contributed by atoms with E-state index in [1.165, 1.54) is 12.1 Å². The number of oxazole rings is 1. The van der Waals surface area contributed by atoms with E-state index in [0.29, 0.717) is 49.2 Å². The Morgan fingerprint density at radius 1 is 0.868 bits per heavy atom. The maximum atomic E-state index is 12.1. The van der Waals surface area contributed by atoms with Crippen LogP contribution >= 0.6 is 0 Å². The van der Waals surface area contributed by atoms with Gasteiger partial charge >= 0.3 is 0 Å². The molecule has 0 fully saturated rings. The fourth-order valence-corrected chi connectivity index (χ4v) is 4.31. The van der Waals surface area contributed by atoms with Crippen molar-refractivity contribution < 1.29 is 31.2 Å². The van der Waals surface area contributed by atoms with Gasteiger partial charge in [0.05, 0.1) is 43.5 Å². The monoisotopic (exact) mass is 541 g/mol. The molecule has 0 aliphatic rings. The van der Waals surface area contributed by atoms with Crippen molar-refractivity contribution in [3.63, 3.8) is 0 Å². The lowest BCUT2D eigenvalue weighted by Gasteiger charge is -2.10. The molecule has 0 bridgehead atoms. The molecular weight excluding hydrogens is 510 g/mol. The molecule has 2 aromatic carbocycles. The normalized spacial score (nSPS) is 11.7. The Kier molecular flexibility index (Phi) is 9.29. The van der Waals surface area contributed by atoms with E-state index in [2.05, 4.69) is 9.97 Å². The molecule has 0 N–H and O–H groups in total. The second kappa shape index (κ2) is 12.8. The molecule has 4 aromatic rings. The van der Waals surface area contributed by atoms with Crippen LogP contribution in [0.3, 0.4) is 0 Å². The minimum Gasteiger partial charge on any atom is -0.491 e. The van der Waals surface area contributed by atoms with E-state index in [4.69, 9.17) is 22.8 Å². The zero-order valence-corrected chi connectivity index (χ0v) is 22.4. The van der Waals surface area contributed by atoms with Crippen LogP contribution in [0, 0.1) is 6.92 Å². The predicted octanol–water partition coefficient (Wildman–Crippen LogP) is 4.08. The van der Waals surface area contributed by atoms with Crippen LogP contribution in [0.1, 0.15) is 5.56 Å². The van der Waals surface area contributed by atoms with Crippen molar-refractivity contribution in [2.75, 3.05) is 58.6 Å². The molecule has 11 heteroatoms. The van der Waals surface area contributed by atoms with Crippen molar-refractivity contribution in [3.05, 3.63) is 66.4 Å². The van der Waals surface area contributed by atoms with Gasteiger partial charge in [0.1, 0.15) is 23.7 Å². The second-order valence-corrected chi connectivity index (χ2v) is 10.2. The van der Waals surface area contributed by atoms with E-state index in [0.717, 1.165) is 16.9 Å². The quantitative estimate of drug-likeness (QED) is 0.171. The number of pyridine rings is 1. The summed E-state index contributed by atoms with van der Waals surface area (Å²) in [5.41, 5.74) is 3.12. The number of hydrogen-bond donors (Lipinski definition) is 0. The number of anilines is 1. The second-order valence-electron chi connectivity index (χ2n) is 8.61. The Bertz CT molecular complexity index is 1420. The van der Waals surface area contributed by atoms with Crippen LogP contribution in [0.25, 0.3) is 22.6 Å². The fourth-order valence-electron chi connectivity index (χ4n) is 3.41. The summed E-state index contributed by atoms with van der Waals surface area (Å²) in [6.45, 7) is 3.34. The van der Waals surface area contributed by atoms with E-state index in [1.54, 1.807) is 18.3 Å². The molecule has 0 atom stereocenters. The Morgan fingerprint density at radius 3 is 2.26 bits per heavy atom. The van der Waals surface area contributed by atoms with E-state index in [1.807, 2.05) is 56.3 Å². The molecule has 2 heterocycles. The average Bonchev–Trinajstić information content (AvgIpc) is 3.33. The predicted molar refractivity (Wildman–Crippen MR) is 143 cm³/mol. The largest absolute Gasteiger partial charge is 0.491 e. The minimum absolute atomic E-state index is 0.0660. The highest BCUT2D eigenvalue weighted by Gasteiger charge is 2.14. The Labute approximate surface area is 222 Å². The Morgan fingerprint density at radius 2 is 1.58 bits per heavy atom. The molecule has 0 unspecified atom stereocenters. The van der Waals surface area contributed by atoms with Gasteiger partial charge in [-0.2, -0.15) is 8.42 Å². The Balaban J connectivity index is 1.12. The molecule has 0 radical (unpaired) electrons. The van der Waals surface area contributed by atoms with E-state index >= 15 is 0 Å². The highest BCUT2D eigenvalue weighted by molar-refractivity contribution is 7.86. The maximum absolute atomic E-state index is 12.1. The van der Waals surface area contributed by atoms with E-state index in [9.17, 15) is 8.42 Å². The minimum atomic E-state index is -3.78. The first-order valence-electron chi connectivity index (χ1n) is 12.1. The summed E-state index contributed by atoms with van der Waals surface area (Å²) < 4.78 is 51.7. The highest BCUT2D eigenvalue weighted by Crippen LogP contribution is 2.27. The van der Waals surface area contributed by atoms with Gasteiger partial charge in [0.15, 0.2) is 5.58 Å². The van der Waals surface area contributed by atoms with Crippen molar-refractivity contribution >= 4 is 27.0 Å². The molecule has 0 spiro atoms. The number of nitrogens with zero attached hydrogens (tertiary/aromatic N) is 3. The van der Waals surface area contributed by atoms with Crippen molar-refractivity contribution in [3.8, 4) is 17.2 Å². The number of rotatable bonds is 14. The van der Waals surface area contributed by atoms with Crippen LogP contribution in [0.15, 0.2) is 70.1 Å². The number of aromatic nitrogens is 2. The Hall–Kier alpha value is -3.51. The standard InChI is InChI=1S/C27H31N3O7S/c1-20-4-8-23(9-5-20)38(31,32)36-17-15-34-13-12-33-14-16-35-22-7-10-25-24(18-22)29-27(37-25)21-6-11-26(28-19-21)30(2)3/h4-11,18-19H,12-17H2,1-3H3. The first-order chi connectivity index (χ1) is 18.3. The number of hydrogen-bond acceptors (Lipinski definition) is 10. The van der Waals surface area contributed by atoms with Gasteiger partial charge in [0, 0.05) is 26.4 Å². The zero-order chi connectivity index (χ0) is 27.0. The molecule has 0 amide bonds. The van der Waals surface area contributed by atoms with Gasteiger partial charge in [-0.05, 0) is 43.3 Å². The molecule has 0 saturated carbocycles. The average molecular weight is 542 g/mol. The summed E-state index contributed by atoms with van der Waals surface area (Å²) in [7, 11) is 0.0855. The topological polar surface area (TPSA) is 113 Å². The van der Waals surface area contributed by atoms with Gasteiger partial charge in [-0.3, -0.25) is 4.18 Å². The molecule has 2 aromatic heterocycles. The highest BCUT2D eigenvalue weighted by atomic mass is 32.2. The molecule has 4 rings (SSSR count). The molecule has 202 valence electrons. The van der Waals surface area contributed by atoms with Gasteiger partial charge in [0.25, 0.3) is 10.1 Å². The fraction of sp³-hybridized carbons (Fsp3) is 0.333. The van der Waals surface area contributed by atoms with Crippen LogP contribution in [-0.4, -0.2) is 72.1 Å². The van der Waals surface area contributed by atoms with Gasteiger partial charge < -0.3 is 23.5 Å². The maximum Gasteiger partial charge on any atom is 0.297 e. The van der Waals surface area contributed by atoms with Crippen molar-refractivity contribution in [2.45, 2.75) is 11.8 Å². The summed E-state index contributed by atoms with van der Waals surface area (Å²) >= 11 is 0. The van der Waals surface area contributed by atoms with Crippen LogP contribution in [0.5, 0.6) is 5.75 Å². The first-order valence-corrected chi connectivity index (χ1v) is 13.5. The van der Waals surface area contributed by atoms with Crippen molar-refractivity contribution in [1.29, 1.82) is 0 Å². The summed E-state index contributed by atoms with van der Waals surface area (Å²) in [6, 6.07) is 15.8. The van der Waals surface area contributed by atoms with E-state index in [-0.39, 0.29) is 18.1 Å². The third-order valence-corrected chi connectivity index (χ3v) is 6.78. The molecule has 0 aliphatic carbocycles.